The molecule has 6 nitrogen and oxygen atoms in total. The van der Waals surface area contributed by atoms with Gasteiger partial charge in [-0.1, -0.05) is 15.9 Å². The van der Waals surface area contributed by atoms with Gasteiger partial charge >= 0.3 is 0 Å². The molecule has 0 radical (unpaired) electrons. The number of fused-ring (bicyclic) bond motifs is 1. The van der Waals surface area contributed by atoms with Crippen LogP contribution in [0.1, 0.15) is 16.8 Å². The Morgan fingerprint density at radius 3 is 2.71 bits per heavy atom. The van der Waals surface area contributed by atoms with E-state index in [4.69, 9.17) is 10.5 Å². The van der Waals surface area contributed by atoms with Gasteiger partial charge in [0.2, 0.25) is 5.95 Å². The van der Waals surface area contributed by atoms with Crippen molar-refractivity contribution >= 4 is 38.7 Å². The molecule has 0 fully saturated rings. The van der Waals surface area contributed by atoms with Crippen molar-refractivity contribution in [3.63, 3.8) is 0 Å². The van der Waals surface area contributed by atoms with Crippen LogP contribution in [0, 0.1) is 13.8 Å². The first-order valence-electron chi connectivity index (χ1n) is 7.45. The smallest absolute Gasteiger partial charge is 0.226 e. The van der Waals surface area contributed by atoms with Gasteiger partial charge in [-0.15, -0.1) is 0 Å². The Bertz CT molecular complexity index is 913. The zero-order valence-electron chi connectivity index (χ0n) is 13.7. The van der Waals surface area contributed by atoms with Crippen molar-refractivity contribution in [2.45, 2.75) is 20.4 Å². The molecule has 124 valence electrons. The minimum Gasteiger partial charge on any atom is -0.497 e. The molecule has 0 unspecified atom stereocenters. The summed E-state index contributed by atoms with van der Waals surface area (Å²) in [4.78, 5) is 13.3. The SMILES string of the molecule is COc1ccc(Br)c(CNc2nc(N)c3c(C)cc(C)nc3n2)c1. The predicted octanol–water partition coefficient (Wildman–Crippen LogP) is 3.61. The predicted molar refractivity (Wildman–Crippen MR) is 99.2 cm³/mol. The maximum atomic E-state index is 6.09. The third-order valence-electron chi connectivity index (χ3n) is 3.71. The molecule has 0 atom stereocenters. The molecule has 3 rings (SSSR count). The van der Waals surface area contributed by atoms with E-state index >= 15 is 0 Å². The number of nitrogens with zero attached hydrogens (tertiary/aromatic N) is 3. The van der Waals surface area contributed by atoms with E-state index in [1.807, 2.05) is 38.1 Å². The monoisotopic (exact) mass is 387 g/mol. The van der Waals surface area contributed by atoms with Gasteiger partial charge in [0, 0.05) is 16.7 Å². The zero-order chi connectivity index (χ0) is 17.3. The van der Waals surface area contributed by atoms with Gasteiger partial charge in [0.25, 0.3) is 0 Å². The van der Waals surface area contributed by atoms with Crippen LogP contribution in [-0.2, 0) is 6.54 Å². The summed E-state index contributed by atoms with van der Waals surface area (Å²) >= 11 is 3.53. The van der Waals surface area contributed by atoms with Crippen molar-refractivity contribution in [3.8, 4) is 5.75 Å². The van der Waals surface area contributed by atoms with Gasteiger partial charge in [-0.25, -0.2) is 4.98 Å². The summed E-state index contributed by atoms with van der Waals surface area (Å²) in [6, 6.07) is 7.77. The third kappa shape index (κ3) is 3.26. The summed E-state index contributed by atoms with van der Waals surface area (Å²) in [6.45, 7) is 4.45. The van der Waals surface area contributed by atoms with Crippen LogP contribution in [0.2, 0.25) is 0 Å². The van der Waals surface area contributed by atoms with Crippen LogP contribution >= 0.6 is 15.9 Å². The summed E-state index contributed by atoms with van der Waals surface area (Å²) in [7, 11) is 1.64. The van der Waals surface area contributed by atoms with Gasteiger partial charge < -0.3 is 15.8 Å². The van der Waals surface area contributed by atoms with Crippen molar-refractivity contribution in [2.24, 2.45) is 0 Å². The van der Waals surface area contributed by atoms with Gasteiger partial charge in [-0.3, -0.25) is 0 Å². The maximum Gasteiger partial charge on any atom is 0.226 e. The van der Waals surface area contributed by atoms with Crippen molar-refractivity contribution in [1.82, 2.24) is 15.0 Å². The number of rotatable bonds is 4. The lowest BCUT2D eigenvalue weighted by atomic mass is 10.1. The molecule has 24 heavy (non-hydrogen) atoms. The van der Waals surface area contributed by atoms with E-state index in [0.29, 0.717) is 24.0 Å². The summed E-state index contributed by atoms with van der Waals surface area (Å²) in [5, 5.41) is 4.00. The fraction of sp³-hybridized carbons (Fsp3) is 0.235. The van der Waals surface area contributed by atoms with Crippen LogP contribution in [0.25, 0.3) is 11.0 Å². The number of halogens is 1. The minimum atomic E-state index is 0.428. The van der Waals surface area contributed by atoms with Crippen LogP contribution in [0.3, 0.4) is 0 Å². The van der Waals surface area contributed by atoms with E-state index in [0.717, 1.165) is 32.4 Å². The van der Waals surface area contributed by atoms with Crippen molar-refractivity contribution < 1.29 is 4.74 Å². The fourth-order valence-electron chi connectivity index (χ4n) is 2.58. The van der Waals surface area contributed by atoms with E-state index in [2.05, 4.69) is 36.2 Å². The standard InChI is InChI=1S/C17H18BrN5O/c1-9-6-10(2)21-16-14(9)15(19)22-17(23-16)20-8-11-7-12(24-3)4-5-13(11)18/h4-7H,8H2,1-3H3,(H3,19,20,21,22,23). The van der Waals surface area contributed by atoms with Crippen LogP contribution in [-0.4, -0.2) is 22.1 Å². The molecule has 0 aliphatic heterocycles. The number of nitrogens with two attached hydrogens (primary N) is 1. The largest absolute Gasteiger partial charge is 0.497 e. The highest BCUT2D eigenvalue weighted by Crippen LogP contribution is 2.25. The van der Waals surface area contributed by atoms with Gasteiger partial charge in [-0.05, 0) is 49.2 Å². The first-order chi connectivity index (χ1) is 11.5. The highest BCUT2D eigenvalue weighted by atomic mass is 79.9. The summed E-state index contributed by atoms with van der Waals surface area (Å²) in [6.07, 6.45) is 0. The first kappa shape index (κ1) is 16.4. The molecular weight excluding hydrogens is 370 g/mol. The molecule has 0 bridgehead atoms. The lowest BCUT2D eigenvalue weighted by molar-refractivity contribution is 0.414. The van der Waals surface area contributed by atoms with Gasteiger partial charge in [0.15, 0.2) is 5.65 Å². The van der Waals surface area contributed by atoms with Crippen molar-refractivity contribution in [1.29, 1.82) is 0 Å². The molecule has 7 heteroatoms. The van der Waals surface area contributed by atoms with Crippen molar-refractivity contribution in [3.05, 3.63) is 45.6 Å². The number of nitrogens with one attached hydrogen (secondary N) is 1. The number of aryl methyl sites for hydroxylation is 2. The van der Waals surface area contributed by atoms with Crippen LogP contribution in [0.4, 0.5) is 11.8 Å². The molecule has 2 aromatic heterocycles. The number of aromatic nitrogens is 3. The molecule has 0 saturated heterocycles. The highest BCUT2D eigenvalue weighted by molar-refractivity contribution is 9.10. The van der Waals surface area contributed by atoms with Crippen LogP contribution < -0.4 is 15.8 Å². The molecule has 1 aromatic carbocycles. The fourth-order valence-corrected chi connectivity index (χ4v) is 2.96. The third-order valence-corrected chi connectivity index (χ3v) is 4.48. The van der Waals surface area contributed by atoms with E-state index in [1.165, 1.54) is 0 Å². The number of hydrogen-bond donors (Lipinski definition) is 2. The van der Waals surface area contributed by atoms with Crippen LogP contribution in [0.15, 0.2) is 28.7 Å². The summed E-state index contributed by atoms with van der Waals surface area (Å²) in [5.41, 5.74) is 9.66. The van der Waals surface area contributed by atoms with E-state index < -0.39 is 0 Å². The van der Waals surface area contributed by atoms with Gasteiger partial charge in [-0.2, -0.15) is 9.97 Å². The Hall–Kier alpha value is -2.41. The Kier molecular flexibility index (Phi) is 4.53. The van der Waals surface area contributed by atoms with E-state index in [1.54, 1.807) is 7.11 Å². The molecule has 0 aliphatic carbocycles. The Morgan fingerprint density at radius 1 is 1.17 bits per heavy atom. The average Bonchev–Trinajstić information content (AvgIpc) is 2.53. The second-order valence-corrected chi connectivity index (χ2v) is 6.38. The van der Waals surface area contributed by atoms with Crippen LogP contribution in [0.5, 0.6) is 5.75 Å². The Balaban J connectivity index is 1.91. The number of pyridine rings is 1. The number of anilines is 2. The Morgan fingerprint density at radius 2 is 1.96 bits per heavy atom. The normalized spacial score (nSPS) is 10.8. The van der Waals surface area contributed by atoms with Gasteiger partial charge in [0.05, 0.1) is 12.5 Å². The summed E-state index contributed by atoms with van der Waals surface area (Å²) < 4.78 is 6.24. The lowest BCUT2D eigenvalue weighted by Crippen LogP contribution is -2.08. The number of hydrogen-bond acceptors (Lipinski definition) is 6. The second kappa shape index (κ2) is 6.60. The second-order valence-electron chi connectivity index (χ2n) is 5.52. The molecule has 0 saturated carbocycles. The maximum absolute atomic E-state index is 6.09. The zero-order valence-corrected chi connectivity index (χ0v) is 15.3. The first-order valence-corrected chi connectivity index (χ1v) is 8.25. The van der Waals surface area contributed by atoms with E-state index in [-0.39, 0.29) is 0 Å². The van der Waals surface area contributed by atoms with Gasteiger partial charge in [0.1, 0.15) is 11.6 Å². The number of methoxy groups -OCH3 is 1. The quantitative estimate of drug-likeness (QED) is 0.710. The molecule has 0 spiro atoms. The Labute approximate surface area is 148 Å². The van der Waals surface area contributed by atoms with E-state index in [9.17, 15) is 0 Å². The van der Waals surface area contributed by atoms with Crippen molar-refractivity contribution in [2.75, 3.05) is 18.2 Å². The number of ether oxygens (including phenoxy) is 1. The number of nitrogen functional groups attached to an aromatic ring is 1. The topological polar surface area (TPSA) is 86.0 Å². The minimum absolute atomic E-state index is 0.428. The summed E-state index contributed by atoms with van der Waals surface area (Å²) in [5.74, 6) is 1.67. The average molecular weight is 388 g/mol. The molecule has 3 aromatic rings. The molecule has 2 heterocycles. The highest BCUT2D eigenvalue weighted by Gasteiger charge is 2.10. The molecule has 0 amide bonds. The lowest BCUT2D eigenvalue weighted by Gasteiger charge is -2.11. The molecule has 3 N–H and O–H groups in total. The molecule has 0 aliphatic rings. The number of benzene rings is 1. The molecular formula is C17H18BrN5O.